The summed E-state index contributed by atoms with van der Waals surface area (Å²) in [6.07, 6.45) is 0.841. The molecule has 3 aromatic rings. The number of hydrogen-bond acceptors (Lipinski definition) is 4. The SMILES string of the molecule is COc1cc(CN2CCc3[nH]n(Cc4ccccc4)c(=O)c3C2)cc(OC)c1. The Morgan fingerprint density at radius 1 is 0.964 bits per heavy atom. The van der Waals surface area contributed by atoms with Crippen molar-refractivity contribution in [2.24, 2.45) is 0 Å². The van der Waals surface area contributed by atoms with E-state index in [1.807, 2.05) is 48.5 Å². The van der Waals surface area contributed by atoms with E-state index in [0.717, 1.165) is 53.4 Å². The molecule has 2 heterocycles. The lowest BCUT2D eigenvalue weighted by Crippen LogP contribution is -2.32. The van der Waals surface area contributed by atoms with Gasteiger partial charge in [-0.15, -0.1) is 0 Å². The van der Waals surface area contributed by atoms with Crippen LogP contribution in [0.4, 0.5) is 0 Å². The summed E-state index contributed by atoms with van der Waals surface area (Å²) in [4.78, 5) is 15.2. The van der Waals surface area contributed by atoms with Crippen LogP contribution in [-0.2, 0) is 26.1 Å². The summed E-state index contributed by atoms with van der Waals surface area (Å²) in [6.45, 7) is 2.86. The molecule has 2 aromatic carbocycles. The molecule has 1 aromatic heterocycles. The molecule has 0 radical (unpaired) electrons. The molecule has 0 aliphatic carbocycles. The minimum absolute atomic E-state index is 0.0757. The van der Waals surface area contributed by atoms with E-state index in [1.165, 1.54) is 0 Å². The van der Waals surface area contributed by atoms with Crippen molar-refractivity contribution < 1.29 is 9.47 Å². The molecule has 0 unspecified atom stereocenters. The summed E-state index contributed by atoms with van der Waals surface area (Å²) in [6, 6.07) is 15.9. The average Bonchev–Trinajstić information content (AvgIpc) is 3.03. The molecule has 146 valence electrons. The van der Waals surface area contributed by atoms with Crippen LogP contribution in [0.3, 0.4) is 0 Å². The van der Waals surface area contributed by atoms with E-state index in [2.05, 4.69) is 10.00 Å². The van der Waals surface area contributed by atoms with Gasteiger partial charge >= 0.3 is 0 Å². The number of aromatic nitrogens is 2. The van der Waals surface area contributed by atoms with Crippen molar-refractivity contribution in [3.8, 4) is 11.5 Å². The number of hydrogen-bond donors (Lipinski definition) is 1. The number of H-pyrrole nitrogens is 1. The lowest BCUT2D eigenvalue weighted by Gasteiger charge is -2.26. The van der Waals surface area contributed by atoms with Crippen molar-refractivity contribution in [1.82, 2.24) is 14.7 Å². The van der Waals surface area contributed by atoms with E-state index in [4.69, 9.17) is 9.47 Å². The summed E-state index contributed by atoms with van der Waals surface area (Å²) in [5.41, 5.74) is 4.23. The van der Waals surface area contributed by atoms with Crippen LogP contribution in [0, 0.1) is 0 Å². The third-order valence-corrected chi connectivity index (χ3v) is 5.20. The van der Waals surface area contributed by atoms with Gasteiger partial charge in [0.1, 0.15) is 11.5 Å². The molecule has 1 N–H and O–H groups in total. The molecule has 1 aliphatic rings. The van der Waals surface area contributed by atoms with Crippen LogP contribution in [0.25, 0.3) is 0 Å². The molecular formula is C22H25N3O3. The monoisotopic (exact) mass is 379 g/mol. The zero-order valence-electron chi connectivity index (χ0n) is 16.3. The van der Waals surface area contributed by atoms with Crippen LogP contribution in [0.15, 0.2) is 53.3 Å². The van der Waals surface area contributed by atoms with Crippen molar-refractivity contribution >= 4 is 0 Å². The highest BCUT2D eigenvalue weighted by atomic mass is 16.5. The predicted octanol–water partition coefficient (Wildman–Crippen LogP) is 2.80. The molecule has 0 bridgehead atoms. The average molecular weight is 379 g/mol. The van der Waals surface area contributed by atoms with Gasteiger partial charge in [0, 0.05) is 37.8 Å². The van der Waals surface area contributed by atoms with Crippen LogP contribution in [0.2, 0.25) is 0 Å². The van der Waals surface area contributed by atoms with Crippen molar-refractivity contribution in [2.45, 2.75) is 26.1 Å². The second kappa shape index (κ2) is 7.94. The van der Waals surface area contributed by atoms with Gasteiger partial charge in [-0.25, -0.2) is 4.68 Å². The highest BCUT2D eigenvalue weighted by Gasteiger charge is 2.23. The Hall–Kier alpha value is -2.99. The molecule has 1 aliphatic heterocycles. The van der Waals surface area contributed by atoms with E-state index in [9.17, 15) is 4.79 Å². The third kappa shape index (κ3) is 3.82. The van der Waals surface area contributed by atoms with Crippen molar-refractivity contribution in [3.63, 3.8) is 0 Å². The summed E-state index contributed by atoms with van der Waals surface area (Å²) >= 11 is 0. The highest BCUT2D eigenvalue weighted by molar-refractivity contribution is 5.38. The third-order valence-electron chi connectivity index (χ3n) is 5.20. The Bertz CT molecular complexity index is 985. The number of fused-ring (bicyclic) bond motifs is 1. The van der Waals surface area contributed by atoms with Gasteiger partial charge in [-0.3, -0.25) is 14.8 Å². The molecule has 0 spiro atoms. The number of nitrogens with one attached hydrogen (secondary N) is 1. The van der Waals surface area contributed by atoms with Gasteiger partial charge in [0.25, 0.3) is 5.56 Å². The molecule has 0 fully saturated rings. The Morgan fingerprint density at radius 3 is 2.36 bits per heavy atom. The largest absolute Gasteiger partial charge is 0.497 e. The van der Waals surface area contributed by atoms with Crippen LogP contribution in [0.1, 0.15) is 22.4 Å². The van der Waals surface area contributed by atoms with E-state index >= 15 is 0 Å². The molecule has 28 heavy (non-hydrogen) atoms. The number of benzene rings is 2. The molecule has 6 nitrogen and oxygen atoms in total. The Labute approximate surface area is 164 Å². The zero-order valence-corrected chi connectivity index (χ0v) is 16.3. The fourth-order valence-electron chi connectivity index (χ4n) is 3.74. The van der Waals surface area contributed by atoms with Crippen molar-refractivity contribution in [2.75, 3.05) is 20.8 Å². The minimum Gasteiger partial charge on any atom is -0.497 e. The summed E-state index contributed by atoms with van der Waals surface area (Å²) < 4.78 is 12.5. The normalized spacial score (nSPS) is 13.9. The predicted molar refractivity (Wildman–Crippen MR) is 108 cm³/mol. The van der Waals surface area contributed by atoms with E-state index in [1.54, 1.807) is 18.9 Å². The first kappa shape index (κ1) is 18.4. The van der Waals surface area contributed by atoms with Crippen molar-refractivity contribution in [3.05, 3.63) is 81.3 Å². The number of methoxy groups -OCH3 is 2. The second-order valence-corrected chi connectivity index (χ2v) is 7.13. The summed E-state index contributed by atoms with van der Waals surface area (Å²) in [5.74, 6) is 1.55. The highest BCUT2D eigenvalue weighted by Crippen LogP contribution is 2.25. The fourth-order valence-corrected chi connectivity index (χ4v) is 3.74. The smallest absolute Gasteiger partial charge is 0.271 e. The lowest BCUT2D eigenvalue weighted by atomic mass is 10.1. The standard InChI is InChI=1S/C22H25N3O3/c1-27-18-10-17(11-19(12-18)28-2)13-24-9-8-21-20(15-24)22(26)25(23-21)14-16-6-4-3-5-7-16/h3-7,10-12,23H,8-9,13-15H2,1-2H3. The molecular weight excluding hydrogens is 354 g/mol. The van der Waals surface area contributed by atoms with Gasteiger partial charge in [-0.1, -0.05) is 30.3 Å². The first-order valence-electron chi connectivity index (χ1n) is 9.45. The van der Waals surface area contributed by atoms with Gasteiger partial charge in [-0.2, -0.15) is 0 Å². The van der Waals surface area contributed by atoms with Gasteiger partial charge in [0.15, 0.2) is 0 Å². The number of aromatic amines is 1. The zero-order chi connectivity index (χ0) is 19.5. The van der Waals surface area contributed by atoms with Crippen LogP contribution in [0.5, 0.6) is 11.5 Å². The molecule has 0 saturated carbocycles. The molecule has 4 rings (SSSR count). The maximum Gasteiger partial charge on any atom is 0.271 e. The fraction of sp³-hybridized carbons (Fsp3) is 0.318. The van der Waals surface area contributed by atoms with Gasteiger partial charge in [0.05, 0.1) is 26.3 Å². The molecule has 0 atom stereocenters. The molecule has 6 heteroatoms. The van der Waals surface area contributed by atoms with Crippen LogP contribution in [-0.4, -0.2) is 35.4 Å². The maximum atomic E-state index is 12.9. The molecule has 0 saturated heterocycles. The summed E-state index contributed by atoms with van der Waals surface area (Å²) in [7, 11) is 3.31. The minimum atomic E-state index is 0.0757. The van der Waals surface area contributed by atoms with Crippen molar-refractivity contribution in [1.29, 1.82) is 0 Å². The van der Waals surface area contributed by atoms with Gasteiger partial charge in [-0.05, 0) is 23.3 Å². The van der Waals surface area contributed by atoms with E-state index in [-0.39, 0.29) is 5.56 Å². The maximum absolute atomic E-state index is 12.9. The van der Waals surface area contributed by atoms with Crippen LogP contribution >= 0.6 is 0 Å². The van der Waals surface area contributed by atoms with Gasteiger partial charge in [0.2, 0.25) is 0 Å². The van der Waals surface area contributed by atoms with E-state index < -0.39 is 0 Å². The number of ether oxygens (including phenoxy) is 2. The summed E-state index contributed by atoms with van der Waals surface area (Å²) in [5, 5.41) is 3.31. The van der Waals surface area contributed by atoms with Crippen LogP contribution < -0.4 is 15.0 Å². The second-order valence-electron chi connectivity index (χ2n) is 7.13. The lowest BCUT2D eigenvalue weighted by molar-refractivity contribution is 0.243. The molecule has 0 amide bonds. The number of nitrogens with zero attached hydrogens (tertiary/aromatic N) is 2. The number of rotatable bonds is 6. The topological polar surface area (TPSA) is 59.5 Å². The Balaban J connectivity index is 1.51. The van der Waals surface area contributed by atoms with Gasteiger partial charge < -0.3 is 9.47 Å². The first-order chi connectivity index (χ1) is 13.7. The van der Waals surface area contributed by atoms with E-state index in [0.29, 0.717) is 13.1 Å². The first-order valence-corrected chi connectivity index (χ1v) is 9.45. The quantitative estimate of drug-likeness (QED) is 0.716. The Kier molecular flexibility index (Phi) is 5.21. The Morgan fingerprint density at radius 2 is 1.68 bits per heavy atom.